The summed E-state index contributed by atoms with van der Waals surface area (Å²) in [5.41, 5.74) is 0.228. The van der Waals surface area contributed by atoms with Crippen LogP contribution in [0.5, 0.6) is 0 Å². The molecule has 2 heterocycles. The average Bonchev–Trinajstić information content (AvgIpc) is 2.87. The first-order chi connectivity index (χ1) is 9.15. The number of rotatable bonds is 2. The fourth-order valence-electron chi connectivity index (χ4n) is 1.80. The number of aromatic carboxylic acids is 1. The second kappa shape index (κ2) is 4.13. The Morgan fingerprint density at radius 3 is 2.84 bits per heavy atom. The number of halogens is 1. The van der Waals surface area contributed by atoms with Crippen molar-refractivity contribution in [2.75, 3.05) is 0 Å². The first-order valence-corrected chi connectivity index (χ1v) is 5.35. The number of hydrogen-bond donors (Lipinski definition) is 2. The number of carboxylic acid groups (broad SMARTS) is 1. The second-order valence-electron chi connectivity index (χ2n) is 3.89. The molecule has 94 valence electrons. The third-order valence-electron chi connectivity index (χ3n) is 2.68. The van der Waals surface area contributed by atoms with E-state index in [1.54, 1.807) is 12.1 Å². The number of aromatic amines is 1. The lowest BCUT2D eigenvalue weighted by Crippen LogP contribution is -2.00. The summed E-state index contributed by atoms with van der Waals surface area (Å²) in [6, 6.07) is 5.86. The number of nitrogens with one attached hydrogen (secondary N) is 1. The predicted octanol–water partition coefficient (Wildman–Crippen LogP) is 1.86. The zero-order valence-electron chi connectivity index (χ0n) is 9.46. The zero-order chi connectivity index (χ0) is 13.4. The van der Waals surface area contributed by atoms with Crippen LogP contribution in [0.2, 0.25) is 0 Å². The highest BCUT2D eigenvalue weighted by Gasteiger charge is 2.18. The Morgan fingerprint density at radius 2 is 2.05 bits per heavy atom. The van der Waals surface area contributed by atoms with Gasteiger partial charge in [-0.05, 0) is 29.7 Å². The van der Waals surface area contributed by atoms with Gasteiger partial charge < -0.3 is 5.11 Å². The summed E-state index contributed by atoms with van der Waals surface area (Å²) in [5, 5.41) is 19.9. The molecular formula is C12H7FN4O2. The van der Waals surface area contributed by atoms with Crippen molar-refractivity contribution < 1.29 is 14.3 Å². The van der Waals surface area contributed by atoms with E-state index in [2.05, 4.69) is 20.4 Å². The van der Waals surface area contributed by atoms with Crippen LogP contribution in [0.3, 0.4) is 0 Å². The van der Waals surface area contributed by atoms with Gasteiger partial charge in [0.05, 0.1) is 5.69 Å². The van der Waals surface area contributed by atoms with Crippen LogP contribution in [0.15, 0.2) is 30.5 Å². The molecule has 0 aliphatic heterocycles. The summed E-state index contributed by atoms with van der Waals surface area (Å²) in [6.07, 6.45) is 1.53. The lowest BCUT2D eigenvalue weighted by Gasteiger charge is -2.01. The Labute approximate surface area is 105 Å². The Kier molecular flexibility index (Phi) is 2.45. The molecule has 0 unspecified atom stereocenters. The normalized spacial score (nSPS) is 10.8. The fraction of sp³-hybridized carbons (Fsp3) is 0. The van der Waals surface area contributed by atoms with Gasteiger partial charge in [-0.1, -0.05) is 0 Å². The first kappa shape index (κ1) is 11.3. The van der Waals surface area contributed by atoms with Gasteiger partial charge >= 0.3 is 5.97 Å². The zero-order valence-corrected chi connectivity index (χ0v) is 9.46. The molecule has 0 bridgehead atoms. The van der Waals surface area contributed by atoms with Gasteiger partial charge in [-0.3, -0.25) is 4.98 Å². The van der Waals surface area contributed by atoms with E-state index in [-0.39, 0.29) is 17.2 Å². The highest BCUT2D eigenvalue weighted by atomic mass is 19.1. The standard InChI is InChI=1S/C12H7FN4O2/c13-8-2-1-6-5-14-9(4-7(6)3-8)10-11(12(18)19)16-17-15-10/h1-5H,(H,18,19)(H,15,16,17). The molecule has 6 nitrogen and oxygen atoms in total. The molecule has 0 amide bonds. The van der Waals surface area contributed by atoms with Gasteiger partial charge in [-0.25, -0.2) is 9.18 Å². The van der Waals surface area contributed by atoms with Gasteiger partial charge in [0.1, 0.15) is 11.5 Å². The number of carboxylic acids is 1. The van der Waals surface area contributed by atoms with Crippen molar-refractivity contribution in [1.82, 2.24) is 20.4 Å². The van der Waals surface area contributed by atoms with Gasteiger partial charge in [0, 0.05) is 11.6 Å². The SMILES string of the molecule is O=C(O)c1n[nH]nc1-c1cc2cc(F)ccc2cn1. The van der Waals surface area contributed by atoms with E-state index >= 15 is 0 Å². The quantitative estimate of drug-likeness (QED) is 0.731. The smallest absolute Gasteiger partial charge is 0.358 e. The predicted molar refractivity (Wildman–Crippen MR) is 64.0 cm³/mol. The minimum Gasteiger partial charge on any atom is -0.476 e. The van der Waals surface area contributed by atoms with E-state index in [0.29, 0.717) is 11.1 Å². The summed E-state index contributed by atoms with van der Waals surface area (Å²) in [4.78, 5) is 15.1. The molecule has 2 N–H and O–H groups in total. The molecule has 3 rings (SSSR count). The number of hydrogen-bond acceptors (Lipinski definition) is 4. The van der Waals surface area contributed by atoms with E-state index in [1.807, 2.05) is 0 Å². The molecule has 0 saturated carbocycles. The van der Waals surface area contributed by atoms with Crippen molar-refractivity contribution in [2.45, 2.75) is 0 Å². The highest BCUT2D eigenvalue weighted by molar-refractivity contribution is 5.93. The largest absolute Gasteiger partial charge is 0.476 e. The molecule has 0 aliphatic rings. The molecule has 0 radical (unpaired) electrons. The lowest BCUT2D eigenvalue weighted by atomic mass is 10.1. The Balaban J connectivity index is 2.20. The maximum atomic E-state index is 13.2. The second-order valence-corrected chi connectivity index (χ2v) is 3.89. The first-order valence-electron chi connectivity index (χ1n) is 5.35. The van der Waals surface area contributed by atoms with Gasteiger partial charge in [0.25, 0.3) is 0 Å². The fourth-order valence-corrected chi connectivity index (χ4v) is 1.80. The number of aromatic nitrogens is 4. The molecular weight excluding hydrogens is 251 g/mol. The highest BCUT2D eigenvalue weighted by Crippen LogP contribution is 2.22. The Hall–Kier alpha value is -2.83. The molecule has 2 aromatic heterocycles. The van der Waals surface area contributed by atoms with E-state index in [4.69, 9.17) is 5.11 Å². The van der Waals surface area contributed by atoms with E-state index in [0.717, 1.165) is 5.39 Å². The molecule has 19 heavy (non-hydrogen) atoms. The van der Waals surface area contributed by atoms with Crippen molar-refractivity contribution in [3.05, 3.63) is 42.0 Å². The summed E-state index contributed by atoms with van der Waals surface area (Å²) < 4.78 is 13.2. The number of benzene rings is 1. The molecule has 0 aliphatic carbocycles. The van der Waals surface area contributed by atoms with Crippen molar-refractivity contribution in [3.63, 3.8) is 0 Å². The minimum absolute atomic E-state index is 0.124. The molecule has 0 saturated heterocycles. The minimum atomic E-state index is -1.20. The lowest BCUT2D eigenvalue weighted by molar-refractivity contribution is 0.0691. The molecule has 0 spiro atoms. The molecule has 7 heteroatoms. The van der Waals surface area contributed by atoms with Crippen molar-refractivity contribution in [1.29, 1.82) is 0 Å². The van der Waals surface area contributed by atoms with E-state index in [9.17, 15) is 9.18 Å². The number of fused-ring (bicyclic) bond motifs is 1. The van der Waals surface area contributed by atoms with E-state index in [1.165, 1.54) is 18.3 Å². The molecule has 0 atom stereocenters. The Morgan fingerprint density at radius 1 is 1.21 bits per heavy atom. The van der Waals surface area contributed by atoms with Gasteiger partial charge in [-0.2, -0.15) is 10.3 Å². The number of pyridine rings is 1. The molecule has 1 aromatic carbocycles. The van der Waals surface area contributed by atoms with Crippen molar-refractivity contribution in [3.8, 4) is 11.4 Å². The number of H-pyrrole nitrogens is 1. The van der Waals surface area contributed by atoms with Crippen molar-refractivity contribution >= 4 is 16.7 Å². The monoisotopic (exact) mass is 258 g/mol. The van der Waals surface area contributed by atoms with Gasteiger partial charge in [-0.15, -0.1) is 5.10 Å². The third kappa shape index (κ3) is 1.90. The summed E-state index contributed by atoms with van der Waals surface area (Å²) >= 11 is 0. The average molecular weight is 258 g/mol. The topological polar surface area (TPSA) is 91.8 Å². The van der Waals surface area contributed by atoms with Crippen LogP contribution < -0.4 is 0 Å². The van der Waals surface area contributed by atoms with Crippen LogP contribution in [0.1, 0.15) is 10.5 Å². The summed E-state index contributed by atoms with van der Waals surface area (Å²) in [5.74, 6) is -1.58. The third-order valence-corrected chi connectivity index (χ3v) is 2.68. The number of carbonyl (C=O) groups is 1. The van der Waals surface area contributed by atoms with Gasteiger partial charge in [0.2, 0.25) is 0 Å². The maximum Gasteiger partial charge on any atom is 0.358 e. The molecule has 3 aromatic rings. The molecule has 0 fully saturated rings. The maximum absolute atomic E-state index is 13.2. The van der Waals surface area contributed by atoms with Crippen LogP contribution in [-0.2, 0) is 0 Å². The Bertz CT molecular complexity index is 784. The van der Waals surface area contributed by atoms with Crippen LogP contribution in [-0.4, -0.2) is 31.5 Å². The summed E-state index contributed by atoms with van der Waals surface area (Å²) in [7, 11) is 0. The van der Waals surface area contributed by atoms with E-state index < -0.39 is 5.97 Å². The van der Waals surface area contributed by atoms with Gasteiger partial charge in [0.15, 0.2) is 5.69 Å². The summed E-state index contributed by atoms with van der Waals surface area (Å²) in [6.45, 7) is 0. The van der Waals surface area contributed by atoms with Crippen LogP contribution >= 0.6 is 0 Å². The van der Waals surface area contributed by atoms with Crippen LogP contribution in [0, 0.1) is 5.82 Å². The number of nitrogens with zero attached hydrogens (tertiary/aromatic N) is 3. The van der Waals surface area contributed by atoms with Crippen LogP contribution in [0.4, 0.5) is 4.39 Å². The van der Waals surface area contributed by atoms with Crippen molar-refractivity contribution in [2.24, 2.45) is 0 Å². The van der Waals surface area contributed by atoms with Crippen LogP contribution in [0.25, 0.3) is 22.2 Å².